The Balaban J connectivity index is 2.16. The summed E-state index contributed by atoms with van der Waals surface area (Å²) in [7, 11) is 0. The van der Waals surface area contributed by atoms with E-state index < -0.39 is 0 Å². The van der Waals surface area contributed by atoms with Crippen LogP contribution in [-0.2, 0) is 12.8 Å². The van der Waals surface area contributed by atoms with Gasteiger partial charge in [-0.1, -0.05) is 56.3 Å². The Bertz CT molecular complexity index is 550. The molecule has 0 unspecified atom stereocenters. The average Bonchev–Trinajstić information content (AvgIpc) is 2.67. The number of rotatable bonds is 2. The predicted molar refractivity (Wildman–Crippen MR) is 73.2 cm³/mol. The van der Waals surface area contributed by atoms with Crippen LogP contribution in [0.25, 0.3) is 11.1 Å². The summed E-state index contributed by atoms with van der Waals surface area (Å²) in [5.41, 5.74) is 7.47. The minimum Gasteiger partial charge on any atom is -0.0625 e. The molecule has 0 fully saturated rings. The van der Waals surface area contributed by atoms with Gasteiger partial charge in [-0.15, -0.1) is 0 Å². The third-order valence-corrected chi connectivity index (χ3v) is 3.53. The van der Waals surface area contributed by atoms with Crippen LogP contribution in [-0.4, -0.2) is 0 Å². The van der Waals surface area contributed by atoms with Crippen molar-refractivity contribution in [2.45, 2.75) is 26.7 Å². The van der Waals surface area contributed by atoms with Crippen LogP contribution in [0.5, 0.6) is 0 Å². The van der Waals surface area contributed by atoms with Crippen molar-refractivity contribution in [1.29, 1.82) is 0 Å². The highest BCUT2D eigenvalue weighted by atomic mass is 14.2. The second kappa shape index (κ2) is 4.03. The molecule has 0 heterocycles. The molecule has 0 aromatic heterocycles. The molecule has 3 rings (SSSR count). The van der Waals surface area contributed by atoms with Crippen molar-refractivity contribution < 1.29 is 0 Å². The van der Waals surface area contributed by atoms with Gasteiger partial charge in [0.15, 0.2) is 0 Å². The van der Waals surface area contributed by atoms with Gasteiger partial charge >= 0.3 is 0 Å². The lowest BCUT2D eigenvalue weighted by atomic mass is 9.93. The van der Waals surface area contributed by atoms with E-state index in [1.807, 2.05) is 0 Å². The van der Waals surface area contributed by atoms with Gasteiger partial charge in [0.05, 0.1) is 0 Å². The van der Waals surface area contributed by atoms with Gasteiger partial charge in [-0.05, 0) is 46.6 Å². The van der Waals surface area contributed by atoms with Crippen LogP contribution >= 0.6 is 0 Å². The smallest absolute Gasteiger partial charge is 0.00134 e. The van der Waals surface area contributed by atoms with Crippen LogP contribution in [0.3, 0.4) is 0 Å². The van der Waals surface area contributed by atoms with Crippen LogP contribution < -0.4 is 0 Å². The molecule has 17 heavy (non-hydrogen) atoms. The summed E-state index contributed by atoms with van der Waals surface area (Å²) >= 11 is 0. The van der Waals surface area contributed by atoms with Crippen LogP contribution in [0.1, 0.15) is 30.5 Å². The Morgan fingerprint density at radius 3 is 2.53 bits per heavy atom. The van der Waals surface area contributed by atoms with Gasteiger partial charge in [0, 0.05) is 0 Å². The molecule has 0 aliphatic heterocycles. The highest BCUT2D eigenvalue weighted by Gasteiger charge is 2.20. The van der Waals surface area contributed by atoms with E-state index in [1.165, 1.54) is 34.2 Å². The molecule has 0 nitrogen and oxygen atoms in total. The predicted octanol–water partition coefficient (Wildman–Crippen LogP) is 4.46. The molecule has 86 valence electrons. The number of benzene rings is 2. The van der Waals surface area contributed by atoms with Gasteiger partial charge in [-0.25, -0.2) is 0 Å². The van der Waals surface area contributed by atoms with Gasteiger partial charge in [0.2, 0.25) is 0 Å². The largest absolute Gasteiger partial charge is 0.0625 e. The fraction of sp³-hybridized carbons (Fsp3) is 0.294. The van der Waals surface area contributed by atoms with E-state index in [0.717, 1.165) is 6.42 Å². The van der Waals surface area contributed by atoms with Gasteiger partial charge in [0.1, 0.15) is 0 Å². The standard InChI is InChI=1S/C17H18/c1-12(2)10-14-7-5-8-15-11-13-6-3-4-9-16(13)17(14)15/h3-9,12H,10-11H2,1-2H3. The van der Waals surface area contributed by atoms with E-state index in [9.17, 15) is 0 Å². The molecule has 2 aromatic carbocycles. The molecule has 0 saturated carbocycles. The van der Waals surface area contributed by atoms with E-state index in [-0.39, 0.29) is 0 Å². The Kier molecular flexibility index (Phi) is 2.51. The maximum absolute atomic E-state index is 2.29. The zero-order valence-electron chi connectivity index (χ0n) is 10.5. The van der Waals surface area contributed by atoms with Crippen LogP contribution in [0, 0.1) is 5.92 Å². The van der Waals surface area contributed by atoms with Crippen molar-refractivity contribution in [2.75, 3.05) is 0 Å². The maximum atomic E-state index is 2.29. The lowest BCUT2D eigenvalue weighted by Crippen LogP contribution is -1.97. The van der Waals surface area contributed by atoms with Crippen molar-refractivity contribution >= 4 is 0 Å². The Morgan fingerprint density at radius 1 is 0.941 bits per heavy atom. The Morgan fingerprint density at radius 2 is 1.71 bits per heavy atom. The fourth-order valence-electron chi connectivity index (χ4n) is 2.88. The molecule has 0 atom stereocenters. The summed E-state index contributed by atoms with van der Waals surface area (Å²) in [5.74, 6) is 0.717. The minimum absolute atomic E-state index is 0.717. The highest BCUT2D eigenvalue weighted by Crippen LogP contribution is 2.39. The summed E-state index contributed by atoms with van der Waals surface area (Å²) in [6.07, 6.45) is 2.29. The summed E-state index contributed by atoms with van der Waals surface area (Å²) in [5, 5.41) is 0. The third kappa shape index (κ3) is 1.78. The van der Waals surface area contributed by atoms with Crippen molar-refractivity contribution in [3.05, 3.63) is 59.2 Å². The van der Waals surface area contributed by atoms with E-state index >= 15 is 0 Å². The zero-order valence-corrected chi connectivity index (χ0v) is 10.5. The Labute approximate surface area is 103 Å². The van der Waals surface area contributed by atoms with Crippen molar-refractivity contribution in [3.63, 3.8) is 0 Å². The topological polar surface area (TPSA) is 0 Å². The summed E-state index contributed by atoms with van der Waals surface area (Å²) in [4.78, 5) is 0. The normalized spacial score (nSPS) is 12.6. The average molecular weight is 222 g/mol. The lowest BCUT2D eigenvalue weighted by molar-refractivity contribution is 0.648. The first-order chi connectivity index (χ1) is 8.25. The first kappa shape index (κ1) is 10.6. The molecule has 0 radical (unpaired) electrons. The van der Waals surface area contributed by atoms with Crippen LogP contribution in [0.2, 0.25) is 0 Å². The molecular formula is C17H18. The summed E-state index contributed by atoms with van der Waals surface area (Å²) in [6.45, 7) is 4.58. The second-order valence-electron chi connectivity index (χ2n) is 5.38. The molecule has 0 heteroatoms. The van der Waals surface area contributed by atoms with E-state index in [0.29, 0.717) is 5.92 Å². The molecule has 2 aromatic rings. The SMILES string of the molecule is CC(C)Cc1cccc2c1-c1ccccc1C2. The number of fused-ring (bicyclic) bond motifs is 3. The van der Waals surface area contributed by atoms with E-state index in [4.69, 9.17) is 0 Å². The van der Waals surface area contributed by atoms with Crippen LogP contribution in [0.15, 0.2) is 42.5 Å². The molecule has 0 saturated heterocycles. The maximum Gasteiger partial charge on any atom is -0.00134 e. The zero-order chi connectivity index (χ0) is 11.8. The quantitative estimate of drug-likeness (QED) is 0.600. The first-order valence-corrected chi connectivity index (χ1v) is 6.44. The molecule has 0 N–H and O–H groups in total. The van der Waals surface area contributed by atoms with Gasteiger partial charge in [0.25, 0.3) is 0 Å². The Hall–Kier alpha value is -1.56. The van der Waals surface area contributed by atoms with E-state index in [2.05, 4.69) is 56.3 Å². The monoisotopic (exact) mass is 222 g/mol. The van der Waals surface area contributed by atoms with Crippen molar-refractivity contribution in [1.82, 2.24) is 0 Å². The molecule has 1 aliphatic rings. The minimum atomic E-state index is 0.717. The van der Waals surface area contributed by atoms with Crippen molar-refractivity contribution in [3.8, 4) is 11.1 Å². The number of hydrogen-bond donors (Lipinski definition) is 0. The van der Waals surface area contributed by atoms with Crippen molar-refractivity contribution in [2.24, 2.45) is 5.92 Å². The number of hydrogen-bond acceptors (Lipinski definition) is 0. The third-order valence-electron chi connectivity index (χ3n) is 3.53. The molecule has 0 bridgehead atoms. The van der Waals surface area contributed by atoms with E-state index in [1.54, 1.807) is 0 Å². The molecule has 1 aliphatic carbocycles. The fourth-order valence-corrected chi connectivity index (χ4v) is 2.88. The first-order valence-electron chi connectivity index (χ1n) is 6.44. The molecule has 0 spiro atoms. The van der Waals surface area contributed by atoms with Gasteiger partial charge in [-0.2, -0.15) is 0 Å². The molecular weight excluding hydrogens is 204 g/mol. The van der Waals surface area contributed by atoms with Gasteiger partial charge in [-0.3, -0.25) is 0 Å². The van der Waals surface area contributed by atoms with Gasteiger partial charge < -0.3 is 0 Å². The summed E-state index contributed by atoms with van der Waals surface area (Å²) < 4.78 is 0. The highest BCUT2D eigenvalue weighted by molar-refractivity contribution is 5.79. The second-order valence-corrected chi connectivity index (χ2v) is 5.38. The summed E-state index contributed by atoms with van der Waals surface area (Å²) in [6, 6.07) is 15.6. The lowest BCUT2D eigenvalue weighted by Gasteiger charge is -2.11. The molecule has 0 amide bonds. The van der Waals surface area contributed by atoms with Crippen LogP contribution in [0.4, 0.5) is 0 Å².